The van der Waals surface area contributed by atoms with Crippen LogP contribution in [0.1, 0.15) is 11.8 Å². The molecule has 0 spiro atoms. The van der Waals surface area contributed by atoms with E-state index in [4.69, 9.17) is 5.11 Å². The van der Waals surface area contributed by atoms with E-state index in [2.05, 4.69) is 9.99 Å². The van der Waals surface area contributed by atoms with Crippen LogP contribution in [0.25, 0.3) is 0 Å². The van der Waals surface area contributed by atoms with Crippen LogP contribution >= 0.6 is 11.3 Å². The first kappa shape index (κ1) is 9.73. The van der Waals surface area contributed by atoms with Crippen molar-refractivity contribution in [1.82, 2.24) is 0 Å². The molecule has 0 fully saturated rings. The van der Waals surface area contributed by atoms with Gasteiger partial charge in [0.05, 0.1) is 10.6 Å². The fourth-order valence-electron chi connectivity index (χ4n) is 0.714. The third-order valence-corrected chi connectivity index (χ3v) is 2.25. The number of hydrogen-bond acceptors (Lipinski definition) is 4. The van der Waals surface area contributed by atoms with Gasteiger partial charge in [-0.3, -0.25) is 0 Å². The van der Waals surface area contributed by atoms with Crippen LogP contribution in [0.4, 0.5) is 0 Å². The van der Waals surface area contributed by atoms with Crippen LogP contribution in [0.3, 0.4) is 0 Å². The standard InChI is InChI=1S/C8H9NO3S/c1-6(7-3-2-4-13-7)9-12-5-8(10)11/h2-4H,5H2,1H3,(H,10,11)/b9-6-. The molecular formula is C8H9NO3S. The Labute approximate surface area is 79.5 Å². The van der Waals surface area contributed by atoms with Gasteiger partial charge in [-0.25, -0.2) is 4.79 Å². The Morgan fingerprint density at radius 3 is 3.08 bits per heavy atom. The predicted octanol–water partition coefficient (Wildman–Crippen LogP) is 1.57. The summed E-state index contributed by atoms with van der Waals surface area (Å²) in [6.45, 7) is 1.37. The lowest BCUT2D eigenvalue weighted by molar-refractivity contribution is -0.142. The lowest BCUT2D eigenvalue weighted by Crippen LogP contribution is -2.04. The Kier molecular flexibility index (Phi) is 3.45. The van der Waals surface area contributed by atoms with Gasteiger partial charge in [0.25, 0.3) is 0 Å². The Morgan fingerprint density at radius 1 is 1.77 bits per heavy atom. The number of hydrogen-bond donors (Lipinski definition) is 1. The van der Waals surface area contributed by atoms with Crippen LogP contribution in [-0.4, -0.2) is 23.4 Å². The minimum atomic E-state index is -1.03. The van der Waals surface area contributed by atoms with Gasteiger partial charge in [0.1, 0.15) is 0 Å². The molecule has 0 saturated carbocycles. The van der Waals surface area contributed by atoms with E-state index in [0.29, 0.717) is 5.71 Å². The van der Waals surface area contributed by atoms with Crippen LogP contribution in [0.2, 0.25) is 0 Å². The number of oxime groups is 1. The third-order valence-electron chi connectivity index (χ3n) is 1.27. The fraction of sp³-hybridized carbons (Fsp3) is 0.250. The van der Waals surface area contributed by atoms with Crippen molar-refractivity contribution in [3.8, 4) is 0 Å². The molecule has 0 bridgehead atoms. The van der Waals surface area contributed by atoms with Gasteiger partial charge in [0.15, 0.2) is 0 Å². The highest BCUT2D eigenvalue weighted by Gasteiger charge is 1.99. The molecule has 1 heterocycles. The summed E-state index contributed by atoms with van der Waals surface area (Å²) in [4.78, 5) is 15.6. The van der Waals surface area contributed by atoms with Crippen LogP contribution < -0.4 is 0 Å². The van der Waals surface area contributed by atoms with E-state index in [1.165, 1.54) is 11.3 Å². The fourth-order valence-corrected chi connectivity index (χ4v) is 1.38. The number of carboxylic acid groups (broad SMARTS) is 1. The van der Waals surface area contributed by atoms with Crippen molar-refractivity contribution in [3.05, 3.63) is 22.4 Å². The van der Waals surface area contributed by atoms with Gasteiger partial charge in [-0.15, -0.1) is 11.3 Å². The first-order valence-electron chi connectivity index (χ1n) is 3.62. The van der Waals surface area contributed by atoms with Gasteiger partial charge in [-0.2, -0.15) is 0 Å². The Balaban J connectivity index is 2.48. The molecule has 0 aliphatic rings. The SMILES string of the molecule is C/C(=N/OCC(=O)O)c1cccs1. The second-order valence-electron chi connectivity index (χ2n) is 2.32. The molecule has 1 N–H and O–H groups in total. The lowest BCUT2D eigenvalue weighted by Gasteiger charge is -1.96. The molecule has 0 saturated heterocycles. The zero-order valence-corrected chi connectivity index (χ0v) is 7.87. The van der Waals surface area contributed by atoms with Crippen molar-refractivity contribution in [2.75, 3.05) is 6.61 Å². The highest BCUT2D eigenvalue weighted by Crippen LogP contribution is 2.09. The average Bonchev–Trinajstić information content (AvgIpc) is 2.55. The second kappa shape index (κ2) is 4.61. The molecule has 0 aliphatic carbocycles. The summed E-state index contributed by atoms with van der Waals surface area (Å²) in [5, 5.41) is 13.8. The minimum absolute atomic E-state index is 0.400. The topological polar surface area (TPSA) is 58.9 Å². The summed E-state index contributed by atoms with van der Waals surface area (Å²) < 4.78 is 0. The van der Waals surface area contributed by atoms with Gasteiger partial charge in [0, 0.05) is 0 Å². The summed E-state index contributed by atoms with van der Waals surface area (Å²) in [5.41, 5.74) is 0.691. The monoisotopic (exact) mass is 199 g/mol. The van der Waals surface area contributed by atoms with Crippen molar-refractivity contribution < 1.29 is 14.7 Å². The number of rotatable bonds is 4. The van der Waals surface area contributed by atoms with E-state index in [9.17, 15) is 4.79 Å². The van der Waals surface area contributed by atoms with E-state index in [0.717, 1.165) is 4.88 Å². The highest BCUT2D eigenvalue weighted by molar-refractivity contribution is 7.12. The molecule has 0 unspecified atom stereocenters. The average molecular weight is 199 g/mol. The van der Waals surface area contributed by atoms with E-state index in [-0.39, 0.29) is 0 Å². The zero-order valence-electron chi connectivity index (χ0n) is 7.06. The minimum Gasteiger partial charge on any atom is -0.479 e. The number of carbonyl (C=O) groups is 1. The summed E-state index contributed by atoms with van der Waals surface area (Å²) in [6, 6.07) is 3.80. The maximum absolute atomic E-state index is 10.1. The molecule has 4 nitrogen and oxygen atoms in total. The number of nitrogens with zero attached hydrogens (tertiary/aromatic N) is 1. The quantitative estimate of drug-likeness (QED) is 0.591. The Morgan fingerprint density at radius 2 is 2.54 bits per heavy atom. The first-order valence-corrected chi connectivity index (χ1v) is 4.50. The van der Waals surface area contributed by atoms with Crippen molar-refractivity contribution in [3.63, 3.8) is 0 Å². The molecule has 0 amide bonds. The Bertz CT molecular complexity index is 305. The zero-order chi connectivity index (χ0) is 9.68. The maximum Gasteiger partial charge on any atom is 0.344 e. The molecule has 0 atom stereocenters. The maximum atomic E-state index is 10.1. The van der Waals surface area contributed by atoms with Crippen LogP contribution in [0.5, 0.6) is 0 Å². The van der Waals surface area contributed by atoms with Gasteiger partial charge < -0.3 is 9.94 Å². The summed E-state index contributed by atoms with van der Waals surface area (Å²) >= 11 is 1.53. The number of aliphatic carboxylic acids is 1. The van der Waals surface area contributed by atoms with Gasteiger partial charge in [-0.05, 0) is 18.4 Å². The van der Waals surface area contributed by atoms with Crippen LogP contribution in [-0.2, 0) is 9.63 Å². The molecule has 1 rings (SSSR count). The molecule has 1 aromatic heterocycles. The lowest BCUT2D eigenvalue weighted by atomic mass is 10.3. The van der Waals surface area contributed by atoms with Crippen LogP contribution in [0.15, 0.2) is 22.7 Å². The molecule has 13 heavy (non-hydrogen) atoms. The van der Waals surface area contributed by atoms with Crippen molar-refractivity contribution in [2.24, 2.45) is 5.16 Å². The van der Waals surface area contributed by atoms with E-state index in [1.54, 1.807) is 6.92 Å². The van der Waals surface area contributed by atoms with Crippen LogP contribution in [0, 0.1) is 0 Å². The van der Waals surface area contributed by atoms with E-state index in [1.807, 2.05) is 17.5 Å². The number of carboxylic acids is 1. The smallest absolute Gasteiger partial charge is 0.344 e. The second-order valence-corrected chi connectivity index (χ2v) is 3.27. The normalized spacial score (nSPS) is 11.3. The molecule has 5 heteroatoms. The summed E-state index contributed by atoms with van der Waals surface area (Å²) in [6.07, 6.45) is 0. The Hall–Kier alpha value is -1.36. The molecule has 0 aliphatic heterocycles. The van der Waals surface area contributed by atoms with Gasteiger partial charge >= 0.3 is 5.97 Å². The predicted molar refractivity (Wildman–Crippen MR) is 50.1 cm³/mol. The molecule has 1 aromatic rings. The molecular weight excluding hydrogens is 190 g/mol. The number of thiophene rings is 1. The van der Waals surface area contributed by atoms with Gasteiger partial charge in [-0.1, -0.05) is 11.2 Å². The third kappa shape index (κ3) is 3.25. The molecule has 0 radical (unpaired) electrons. The van der Waals surface area contributed by atoms with Crippen molar-refractivity contribution >= 4 is 23.0 Å². The van der Waals surface area contributed by atoms with Crippen molar-refractivity contribution in [2.45, 2.75) is 6.92 Å². The molecule has 0 aromatic carbocycles. The van der Waals surface area contributed by atoms with Crippen molar-refractivity contribution in [1.29, 1.82) is 0 Å². The first-order chi connectivity index (χ1) is 6.20. The summed E-state index contributed by atoms with van der Waals surface area (Å²) in [7, 11) is 0. The summed E-state index contributed by atoms with van der Waals surface area (Å²) in [5.74, 6) is -1.03. The van der Waals surface area contributed by atoms with Gasteiger partial charge in [0.2, 0.25) is 6.61 Å². The molecule has 70 valence electrons. The highest BCUT2D eigenvalue weighted by atomic mass is 32.1. The van der Waals surface area contributed by atoms with E-state index >= 15 is 0 Å². The van der Waals surface area contributed by atoms with E-state index < -0.39 is 12.6 Å². The largest absolute Gasteiger partial charge is 0.479 e.